The minimum Gasteiger partial charge on any atom is -0.449 e. The molecule has 1 N–H and O–H groups in total. The highest BCUT2D eigenvalue weighted by molar-refractivity contribution is 9.10. The smallest absolute Gasteiger partial charge is 0.340 e. The first kappa shape index (κ1) is 9.87. The molecular formula is C9H8BrNO2. The number of esters is 1. The Kier molecular flexibility index (Phi) is 3.59. The van der Waals surface area contributed by atoms with Gasteiger partial charge in [-0.2, -0.15) is 0 Å². The number of carbonyl (C=O) groups excluding carboxylic acids is 1. The van der Waals surface area contributed by atoms with Crippen molar-refractivity contribution in [3.63, 3.8) is 0 Å². The molecule has 0 saturated carbocycles. The van der Waals surface area contributed by atoms with Crippen LogP contribution in [-0.2, 0) is 4.74 Å². The molecule has 0 aliphatic carbocycles. The van der Waals surface area contributed by atoms with Crippen LogP contribution in [0.2, 0.25) is 0 Å². The van der Waals surface area contributed by atoms with Crippen LogP contribution in [0.4, 0.5) is 0 Å². The maximum absolute atomic E-state index is 11.2. The SMILES string of the molecule is CC#CCOC(=O)c1c[nH]c(Br)c1. The number of ether oxygens (including phenoxy) is 1. The minimum atomic E-state index is -0.371. The lowest BCUT2D eigenvalue weighted by molar-refractivity contribution is 0.0557. The van der Waals surface area contributed by atoms with Crippen molar-refractivity contribution < 1.29 is 9.53 Å². The average Bonchev–Trinajstić information content (AvgIpc) is 2.52. The summed E-state index contributed by atoms with van der Waals surface area (Å²) in [5.41, 5.74) is 0.491. The number of H-pyrrole nitrogens is 1. The fraction of sp³-hybridized carbons (Fsp3) is 0.222. The van der Waals surface area contributed by atoms with Crippen molar-refractivity contribution in [2.75, 3.05) is 6.61 Å². The van der Waals surface area contributed by atoms with E-state index >= 15 is 0 Å². The van der Waals surface area contributed by atoms with E-state index in [1.54, 1.807) is 19.2 Å². The van der Waals surface area contributed by atoms with Gasteiger partial charge in [0.15, 0.2) is 6.61 Å². The Morgan fingerprint density at radius 3 is 3.08 bits per heavy atom. The van der Waals surface area contributed by atoms with Crippen molar-refractivity contribution in [2.24, 2.45) is 0 Å². The second kappa shape index (κ2) is 4.73. The normalized spacial score (nSPS) is 8.77. The van der Waals surface area contributed by atoms with Gasteiger partial charge in [-0.1, -0.05) is 5.92 Å². The third-order valence-electron chi connectivity index (χ3n) is 1.34. The van der Waals surface area contributed by atoms with Gasteiger partial charge < -0.3 is 9.72 Å². The highest BCUT2D eigenvalue weighted by Crippen LogP contribution is 2.10. The minimum absolute atomic E-state index is 0.137. The third-order valence-corrected chi connectivity index (χ3v) is 1.79. The lowest BCUT2D eigenvalue weighted by Gasteiger charge is -1.95. The van der Waals surface area contributed by atoms with Crippen molar-refractivity contribution >= 4 is 21.9 Å². The maximum atomic E-state index is 11.2. The highest BCUT2D eigenvalue weighted by Gasteiger charge is 2.07. The molecular weight excluding hydrogens is 234 g/mol. The van der Waals surface area contributed by atoms with Crippen LogP contribution in [0, 0.1) is 11.8 Å². The summed E-state index contributed by atoms with van der Waals surface area (Å²) < 4.78 is 5.58. The van der Waals surface area contributed by atoms with Crippen LogP contribution in [0.25, 0.3) is 0 Å². The number of hydrogen-bond acceptors (Lipinski definition) is 2. The molecule has 1 rings (SSSR count). The Morgan fingerprint density at radius 2 is 2.54 bits per heavy atom. The molecule has 0 bridgehead atoms. The van der Waals surface area contributed by atoms with E-state index in [0.717, 1.165) is 4.60 Å². The quantitative estimate of drug-likeness (QED) is 0.636. The molecule has 0 unspecified atom stereocenters. The summed E-state index contributed by atoms with van der Waals surface area (Å²) in [6, 6.07) is 1.65. The molecule has 0 saturated heterocycles. The summed E-state index contributed by atoms with van der Waals surface area (Å²) in [6.07, 6.45) is 1.58. The summed E-state index contributed by atoms with van der Waals surface area (Å²) >= 11 is 3.19. The Bertz CT molecular complexity index is 359. The molecule has 1 heterocycles. The topological polar surface area (TPSA) is 42.1 Å². The predicted molar refractivity (Wildman–Crippen MR) is 52.2 cm³/mol. The zero-order valence-corrected chi connectivity index (χ0v) is 8.64. The van der Waals surface area contributed by atoms with Crippen molar-refractivity contribution in [1.29, 1.82) is 0 Å². The van der Waals surface area contributed by atoms with Crippen LogP contribution >= 0.6 is 15.9 Å². The lowest BCUT2D eigenvalue weighted by Crippen LogP contribution is -2.03. The van der Waals surface area contributed by atoms with Crippen molar-refractivity contribution in [3.8, 4) is 11.8 Å². The van der Waals surface area contributed by atoms with Gasteiger partial charge in [0.25, 0.3) is 0 Å². The van der Waals surface area contributed by atoms with Gasteiger partial charge in [-0.15, -0.1) is 5.92 Å². The number of nitrogens with one attached hydrogen (secondary N) is 1. The first-order valence-electron chi connectivity index (χ1n) is 3.64. The van der Waals surface area contributed by atoms with Gasteiger partial charge in [-0.3, -0.25) is 0 Å². The van der Waals surface area contributed by atoms with Crippen LogP contribution in [0.5, 0.6) is 0 Å². The van der Waals surface area contributed by atoms with Crippen LogP contribution in [0.3, 0.4) is 0 Å². The largest absolute Gasteiger partial charge is 0.449 e. The van der Waals surface area contributed by atoms with Gasteiger partial charge in [0, 0.05) is 6.20 Å². The second-order valence-corrected chi connectivity index (χ2v) is 3.09. The Labute approximate surface area is 84.6 Å². The molecule has 13 heavy (non-hydrogen) atoms. The summed E-state index contributed by atoms with van der Waals surface area (Å²) in [4.78, 5) is 14.0. The zero-order valence-electron chi connectivity index (χ0n) is 7.06. The summed E-state index contributed by atoms with van der Waals surface area (Å²) in [6.45, 7) is 1.83. The molecule has 0 fully saturated rings. The van der Waals surface area contributed by atoms with E-state index in [4.69, 9.17) is 4.74 Å². The maximum Gasteiger partial charge on any atom is 0.340 e. The highest BCUT2D eigenvalue weighted by atomic mass is 79.9. The third kappa shape index (κ3) is 2.96. The summed E-state index contributed by atoms with van der Waals surface area (Å²) in [5, 5.41) is 0. The van der Waals surface area contributed by atoms with Gasteiger partial charge in [0.2, 0.25) is 0 Å². The first-order valence-corrected chi connectivity index (χ1v) is 4.44. The van der Waals surface area contributed by atoms with E-state index in [1.807, 2.05) is 0 Å². The Balaban J connectivity index is 2.52. The predicted octanol–water partition coefficient (Wildman–Crippen LogP) is 1.96. The van der Waals surface area contributed by atoms with Gasteiger partial charge >= 0.3 is 5.97 Å². The van der Waals surface area contributed by atoms with Crippen molar-refractivity contribution in [2.45, 2.75) is 6.92 Å². The molecule has 0 radical (unpaired) electrons. The molecule has 0 aromatic carbocycles. The van der Waals surface area contributed by atoms with E-state index in [1.165, 1.54) is 0 Å². The van der Waals surface area contributed by atoms with Crippen molar-refractivity contribution in [1.82, 2.24) is 4.98 Å². The molecule has 0 atom stereocenters. The molecule has 3 nitrogen and oxygen atoms in total. The molecule has 0 aliphatic heterocycles. The number of aromatic amines is 1. The number of rotatable bonds is 2. The van der Waals surface area contributed by atoms with E-state index in [-0.39, 0.29) is 12.6 Å². The average molecular weight is 242 g/mol. The van der Waals surface area contributed by atoms with Gasteiger partial charge in [-0.05, 0) is 28.9 Å². The van der Waals surface area contributed by atoms with Gasteiger partial charge in [0.05, 0.1) is 10.2 Å². The Hall–Kier alpha value is -1.21. The van der Waals surface area contributed by atoms with Crippen LogP contribution in [-0.4, -0.2) is 17.6 Å². The summed E-state index contributed by atoms with van der Waals surface area (Å²) in [7, 11) is 0. The van der Waals surface area contributed by atoms with Gasteiger partial charge in [0.1, 0.15) is 0 Å². The number of hydrogen-bond donors (Lipinski definition) is 1. The second-order valence-electron chi connectivity index (χ2n) is 2.24. The lowest BCUT2D eigenvalue weighted by atomic mass is 10.3. The molecule has 1 aromatic heterocycles. The van der Waals surface area contributed by atoms with Crippen LogP contribution < -0.4 is 0 Å². The fourth-order valence-corrected chi connectivity index (χ4v) is 1.10. The molecule has 0 aliphatic rings. The van der Waals surface area contributed by atoms with E-state index in [2.05, 4.69) is 32.8 Å². The molecule has 0 spiro atoms. The summed E-state index contributed by atoms with van der Waals surface area (Å²) in [5.74, 6) is 4.91. The van der Waals surface area contributed by atoms with E-state index in [0.29, 0.717) is 5.56 Å². The Morgan fingerprint density at radius 1 is 1.77 bits per heavy atom. The van der Waals surface area contributed by atoms with Crippen LogP contribution in [0.1, 0.15) is 17.3 Å². The van der Waals surface area contributed by atoms with E-state index < -0.39 is 0 Å². The molecule has 4 heteroatoms. The molecule has 0 amide bonds. The van der Waals surface area contributed by atoms with E-state index in [9.17, 15) is 4.79 Å². The fourth-order valence-electron chi connectivity index (χ4n) is 0.742. The first-order chi connectivity index (χ1) is 6.24. The molecule has 1 aromatic rings. The zero-order chi connectivity index (χ0) is 9.68. The van der Waals surface area contributed by atoms with Gasteiger partial charge in [-0.25, -0.2) is 4.79 Å². The molecule has 68 valence electrons. The number of carbonyl (C=O) groups is 1. The van der Waals surface area contributed by atoms with Crippen molar-refractivity contribution in [3.05, 3.63) is 22.4 Å². The standard InChI is InChI=1S/C9H8BrNO2/c1-2-3-4-13-9(12)7-5-8(10)11-6-7/h5-6,11H,4H2,1H3. The monoisotopic (exact) mass is 241 g/mol. The number of halogens is 1. The number of aromatic nitrogens is 1. The van der Waals surface area contributed by atoms with Crippen LogP contribution in [0.15, 0.2) is 16.9 Å².